The number of aliphatic hydroxyl groups excluding tert-OH is 1. The summed E-state index contributed by atoms with van der Waals surface area (Å²) in [5, 5.41) is 15.6. The van der Waals surface area contributed by atoms with Gasteiger partial charge in [0.15, 0.2) is 6.29 Å². The highest BCUT2D eigenvalue weighted by atomic mass is 16.6. The maximum atomic E-state index is 9.32. The molecule has 1 aromatic rings. The smallest absolute Gasteiger partial charge is 0.211 e. The molecule has 0 aromatic carbocycles. The van der Waals surface area contributed by atoms with Crippen molar-refractivity contribution >= 4 is 0 Å². The van der Waals surface area contributed by atoms with Crippen LogP contribution in [0.2, 0.25) is 0 Å². The zero-order chi connectivity index (χ0) is 8.97. The molecule has 0 amide bonds. The molecule has 0 bridgehead atoms. The van der Waals surface area contributed by atoms with Crippen molar-refractivity contribution in [1.29, 1.82) is 0 Å². The van der Waals surface area contributed by atoms with Crippen LogP contribution >= 0.6 is 0 Å². The van der Waals surface area contributed by atoms with Crippen LogP contribution in [0.15, 0.2) is 12.3 Å². The summed E-state index contributed by atoms with van der Waals surface area (Å²) in [6, 6.07) is 1.67. The second kappa shape index (κ2) is 4.11. The average molecular weight is 170 g/mol. The number of aliphatic hydroxyl groups is 1. The van der Waals surface area contributed by atoms with E-state index in [-0.39, 0.29) is 0 Å². The summed E-state index contributed by atoms with van der Waals surface area (Å²) in [5.74, 6) is 0.922. The minimum absolute atomic E-state index is 0.419. The van der Waals surface area contributed by atoms with E-state index in [1.165, 1.54) is 0 Å². The van der Waals surface area contributed by atoms with Gasteiger partial charge in [0, 0.05) is 12.5 Å². The van der Waals surface area contributed by atoms with E-state index in [4.69, 9.17) is 4.74 Å². The first-order valence-electron chi connectivity index (χ1n) is 4.02. The highest BCUT2D eigenvalue weighted by Crippen LogP contribution is 2.10. The van der Waals surface area contributed by atoms with Crippen molar-refractivity contribution in [1.82, 2.24) is 10.2 Å². The highest BCUT2D eigenvalue weighted by Gasteiger charge is 2.08. The van der Waals surface area contributed by atoms with Crippen LogP contribution in [0.1, 0.15) is 20.3 Å². The largest absolute Gasteiger partial charge is 0.449 e. The summed E-state index contributed by atoms with van der Waals surface area (Å²) in [5.41, 5.74) is 0. The molecule has 12 heavy (non-hydrogen) atoms. The monoisotopic (exact) mass is 170 g/mol. The van der Waals surface area contributed by atoms with Crippen molar-refractivity contribution in [3.05, 3.63) is 12.3 Å². The number of aromatic nitrogens is 2. The highest BCUT2D eigenvalue weighted by molar-refractivity contribution is 5.04. The number of nitrogens with one attached hydrogen (secondary N) is 1. The number of nitrogens with zero attached hydrogens (tertiary/aromatic N) is 1. The average Bonchev–Trinajstić information content (AvgIpc) is 2.37. The van der Waals surface area contributed by atoms with E-state index in [1.54, 1.807) is 12.3 Å². The Labute approximate surface area is 71.6 Å². The van der Waals surface area contributed by atoms with Gasteiger partial charge in [-0.25, -0.2) is 5.10 Å². The van der Waals surface area contributed by atoms with Crippen LogP contribution in [-0.4, -0.2) is 21.6 Å². The fourth-order valence-electron chi connectivity index (χ4n) is 0.907. The Balaban J connectivity index is 2.32. The third-order valence-electron chi connectivity index (χ3n) is 1.41. The van der Waals surface area contributed by atoms with Crippen LogP contribution in [0.25, 0.3) is 0 Å². The molecule has 4 heteroatoms. The van der Waals surface area contributed by atoms with E-state index in [9.17, 15) is 5.11 Å². The van der Waals surface area contributed by atoms with Crippen molar-refractivity contribution in [3.8, 4) is 5.88 Å². The summed E-state index contributed by atoms with van der Waals surface area (Å²) in [6.45, 7) is 4.05. The van der Waals surface area contributed by atoms with Gasteiger partial charge in [0.1, 0.15) is 0 Å². The lowest BCUT2D eigenvalue weighted by Crippen LogP contribution is -2.17. The van der Waals surface area contributed by atoms with Crippen LogP contribution in [0.5, 0.6) is 5.88 Å². The first kappa shape index (κ1) is 9.06. The van der Waals surface area contributed by atoms with Gasteiger partial charge in [-0.15, -0.1) is 0 Å². The third-order valence-corrected chi connectivity index (χ3v) is 1.41. The van der Waals surface area contributed by atoms with E-state index in [1.807, 2.05) is 13.8 Å². The second-order valence-electron chi connectivity index (χ2n) is 3.12. The molecule has 0 aliphatic carbocycles. The van der Waals surface area contributed by atoms with E-state index >= 15 is 0 Å². The Morgan fingerprint density at radius 1 is 1.67 bits per heavy atom. The summed E-state index contributed by atoms with van der Waals surface area (Å²) in [4.78, 5) is 0. The van der Waals surface area contributed by atoms with Gasteiger partial charge in [0.05, 0.1) is 6.20 Å². The molecule has 1 atom stereocenters. The molecule has 0 saturated heterocycles. The third kappa shape index (κ3) is 2.92. The summed E-state index contributed by atoms with van der Waals surface area (Å²) < 4.78 is 5.10. The lowest BCUT2D eigenvalue weighted by atomic mass is 10.1. The lowest BCUT2D eigenvalue weighted by molar-refractivity contribution is -0.0343. The summed E-state index contributed by atoms with van der Waals surface area (Å²) >= 11 is 0. The Kier molecular flexibility index (Phi) is 3.10. The molecule has 2 N–H and O–H groups in total. The Bertz CT molecular complexity index is 209. The van der Waals surface area contributed by atoms with Crippen molar-refractivity contribution in [2.45, 2.75) is 26.6 Å². The SMILES string of the molecule is CC(C)CC(O)Oc1ccn[nH]1. The zero-order valence-electron chi connectivity index (χ0n) is 7.32. The first-order valence-corrected chi connectivity index (χ1v) is 4.02. The van der Waals surface area contributed by atoms with E-state index in [0.717, 1.165) is 0 Å². The molecule has 0 fully saturated rings. The minimum Gasteiger partial charge on any atom is -0.449 e. The molecule has 68 valence electrons. The quantitative estimate of drug-likeness (QED) is 0.666. The molecule has 0 saturated carbocycles. The number of aromatic amines is 1. The fraction of sp³-hybridized carbons (Fsp3) is 0.625. The van der Waals surface area contributed by atoms with Gasteiger partial charge in [0.2, 0.25) is 5.88 Å². The van der Waals surface area contributed by atoms with Crippen LogP contribution in [-0.2, 0) is 0 Å². The zero-order valence-corrected chi connectivity index (χ0v) is 7.32. The molecular weight excluding hydrogens is 156 g/mol. The predicted molar refractivity (Wildman–Crippen MR) is 44.7 cm³/mol. The maximum Gasteiger partial charge on any atom is 0.211 e. The van der Waals surface area contributed by atoms with Gasteiger partial charge in [0.25, 0.3) is 0 Å². The van der Waals surface area contributed by atoms with Gasteiger partial charge in [-0.3, -0.25) is 0 Å². The summed E-state index contributed by atoms with van der Waals surface area (Å²) in [6.07, 6.45) is 1.46. The molecule has 1 heterocycles. The van der Waals surface area contributed by atoms with Crippen molar-refractivity contribution in [3.63, 3.8) is 0 Å². The number of hydrogen-bond acceptors (Lipinski definition) is 3. The van der Waals surface area contributed by atoms with Gasteiger partial charge >= 0.3 is 0 Å². The topological polar surface area (TPSA) is 58.1 Å². The van der Waals surface area contributed by atoms with Crippen LogP contribution < -0.4 is 4.74 Å². The molecular formula is C8H14N2O2. The Morgan fingerprint density at radius 3 is 2.92 bits per heavy atom. The van der Waals surface area contributed by atoms with Crippen molar-refractivity contribution < 1.29 is 9.84 Å². The van der Waals surface area contributed by atoms with Crippen LogP contribution in [0, 0.1) is 5.92 Å². The molecule has 1 unspecified atom stereocenters. The number of ether oxygens (including phenoxy) is 1. The molecule has 0 spiro atoms. The van der Waals surface area contributed by atoms with E-state index in [2.05, 4.69) is 10.2 Å². The van der Waals surface area contributed by atoms with Crippen molar-refractivity contribution in [2.24, 2.45) is 5.92 Å². The first-order chi connectivity index (χ1) is 5.68. The minimum atomic E-state index is -0.745. The molecule has 0 radical (unpaired) electrons. The molecule has 0 aliphatic rings. The normalized spacial score (nSPS) is 13.3. The fourth-order valence-corrected chi connectivity index (χ4v) is 0.907. The number of H-pyrrole nitrogens is 1. The molecule has 0 aliphatic heterocycles. The molecule has 4 nitrogen and oxygen atoms in total. The lowest BCUT2D eigenvalue weighted by Gasteiger charge is -2.13. The molecule has 1 aromatic heterocycles. The van der Waals surface area contributed by atoms with Crippen molar-refractivity contribution in [2.75, 3.05) is 0 Å². The van der Waals surface area contributed by atoms with Gasteiger partial charge in [-0.1, -0.05) is 13.8 Å². The standard InChI is InChI=1S/C8H14N2O2/c1-6(2)5-8(11)12-7-3-4-9-10-7/h3-4,6,8,11H,5H2,1-2H3,(H,9,10). The number of hydrogen-bond donors (Lipinski definition) is 2. The Morgan fingerprint density at radius 2 is 2.42 bits per heavy atom. The second-order valence-corrected chi connectivity index (χ2v) is 3.12. The van der Waals surface area contributed by atoms with Gasteiger partial charge in [-0.05, 0) is 5.92 Å². The van der Waals surface area contributed by atoms with E-state index in [0.29, 0.717) is 18.2 Å². The van der Waals surface area contributed by atoms with E-state index < -0.39 is 6.29 Å². The molecule has 1 rings (SSSR count). The Hall–Kier alpha value is -1.03. The maximum absolute atomic E-state index is 9.32. The summed E-state index contributed by atoms with van der Waals surface area (Å²) in [7, 11) is 0. The van der Waals surface area contributed by atoms with Crippen LogP contribution in [0.4, 0.5) is 0 Å². The number of rotatable bonds is 4. The van der Waals surface area contributed by atoms with Crippen LogP contribution in [0.3, 0.4) is 0 Å². The van der Waals surface area contributed by atoms with Gasteiger partial charge in [-0.2, -0.15) is 5.10 Å². The predicted octanol–water partition coefficient (Wildman–Crippen LogP) is 1.15. The van der Waals surface area contributed by atoms with Gasteiger partial charge < -0.3 is 9.84 Å².